The molecular formula is C18H14FN3O5S. The van der Waals surface area contributed by atoms with Crippen molar-refractivity contribution < 1.29 is 23.3 Å². The van der Waals surface area contributed by atoms with Gasteiger partial charge in [0, 0.05) is 11.6 Å². The van der Waals surface area contributed by atoms with Gasteiger partial charge in [0.05, 0.1) is 15.4 Å². The number of halogens is 1. The van der Waals surface area contributed by atoms with Gasteiger partial charge < -0.3 is 9.15 Å². The molecule has 144 valence electrons. The van der Waals surface area contributed by atoms with Gasteiger partial charge >= 0.3 is 5.97 Å². The summed E-state index contributed by atoms with van der Waals surface area (Å²) in [6.07, 6.45) is 0.824. The Hall–Kier alpha value is -3.27. The Morgan fingerprint density at radius 1 is 1.25 bits per heavy atom. The van der Waals surface area contributed by atoms with Gasteiger partial charge in [-0.25, -0.2) is 9.18 Å². The van der Waals surface area contributed by atoms with E-state index < -0.39 is 22.8 Å². The number of esters is 1. The molecule has 0 aliphatic carbocycles. The first kappa shape index (κ1) is 19.5. The molecule has 0 fully saturated rings. The summed E-state index contributed by atoms with van der Waals surface area (Å²) in [7, 11) is 0. The summed E-state index contributed by atoms with van der Waals surface area (Å²) in [5, 5.41) is 18.8. The Labute approximate surface area is 162 Å². The number of nitro benzene ring substituents is 1. The lowest BCUT2D eigenvalue weighted by Gasteiger charge is -2.10. The summed E-state index contributed by atoms with van der Waals surface area (Å²) in [5.74, 6) is -0.960. The van der Waals surface area contributed by atoms with Crippen LogP contribution in [0, 0.1) is 15.9 Å². The fourth-order valence-electron chi connectivity index (χ4n) is 2.35. The highest BCUT2D eigenvalue weighted by atomic mass is 32.2. The predicted molar refractivity (Wildman–Crippen MR) is 98.4 cm³/mol. The summed E-state index contributed by atoms with van der Waals surface area (Å²) >= 11 is 1.21. The van der Waals surface area contributed by atoms with E-state index in [2.05, 4.69) is 10.2 Å². The zero-order chi connectivity index (χ0) is 20.3. The van der Waals surface area contributed by atoms with Crippen LogP contribution >= 0.6 is 11.8 Å². The molecule has 2 aromatic carbocycles. The second-order valence-electron chi connectivity index (χ2n) is 5.64. The normalized spacial score (nSPS) is 11.8. The molecule has 0 amide bonds. The number of nitro groups is 1. The topological polar surface area (TPSA) is 108 Å². The Bertz CT molecular complexity index is 1020. The number of thioether (sulfide) groups is 1. The van der Waals surface area contributed by atoms with Crippen LogP contribution in [0.25, 0.3) is 11.5 Å². The molecular weight excluding hydrogens is 389 g/mol. The minimum atomic E-state index is -0.881. The van der Waals surface area contributed by atoms with E-state index in [1.165, 1.54) is 61.2 Å². The average Bonchev–Trinajstić information content (AvgIpc) is 3.18. The molecule has 1 heterocycles. The van der Waals surface area contributed by atoms with Crippen LogP contribution in [0.2, 0.25) is 0 Å². The van der Waals surface area contributed by atoms with Crippen molar-refractivity contribution in [1.29, 1.82) is 0 Å². The Morgan fingerprint density at radius 3 is 2.61 bits per heavy atom. The van der Waals surface area contributed by atoms with E-state index in [0.717, 1.165) is 0 Å². The van der Waals surface area contributed by atoms with Gasteiger partial charge in [-0.05, 0) is 49.6 Å². The van der Waals surface area contributed by atoms with Crippen LogP contribution in [0.4, 0.5) is 10.1 Å². The third kappa shape index (κ3) is 4.17. The van der Waals surface area contributed by atoms with Gasteiger partial charge in [-0.3, -0.25) is 10.1 Å². The van der Waals surface area contributed by atoms with E-state index in [0.29, 0.717) is 10.5 Å². The van der Waals surface area contributed by atoms with Crippen molar-refractivity contribution >= 4 is 23.4 Å². The molecule has 0 spiro atoms. The van der Waals surface area contributed by atoms with Crippen LogP contribution in [0.1, 0.15) is 29.3 Å². The summed E-state index contributed by atoms with van der Waals surface area (Å²) in [6, 6.07) is 9.58. The lowest BCUT2D eigenvalue weighted by molar-refractivity contribution is -0.387. The van der Waals surface area contributed by atoms with E-state index >= 15 is 0 Å². The molecule has 0 radical (unpaired) electrons. The van der Waals surface area contributed by atoms with E-state index in [-0.39, 0.29) is 23.0 Å². The number of rotatable bonds is 6. The summed E-state index contributed by atoms with van der Waals surface area (Å²) < 4.78 is 23.7. The summed E-state index contributed by atoms with van der Waals surface area (Å²) in [6.45, 7) is 1.53. The smallest absolute Gasteiger partial charge is 0.339 e. The number of ether oxygens (including phenoxy) is 1. The van der Waals surface area contributed by atoms with E-state index in [1.54, 1.807) is 6.26 Å². The average molecular weight is 403 g/mol. The molecule has 28 heavy (non-hydrogen) atoms. The highest BCUT2D eigenvalue weighted by Crippen LogP contribution is 2.29. The molecule has 1 atom stereocenters. The number of benzene rings is 2. The van der Waals surface area contributed by atoms with Crippen molar-refractivity contribution in [3.8, 4) is 11.5 Å². The molecule has 8 nitrogen and oxygen atoms in total. The van der Waals surface area contributed by atoms with Gasteiger partial charge in [-0.2, -0.15) is 0 Å². The van der Waals surface area contributed by atoms with Crippen molar-refractivity contribution in [3.05, 3.63) is 69.9 Å². The first-order chi connectivity index (χ1) is 13.4. The number of carbonyl (C=O) groups is 1. The highest BCUT2D eigenvalue weighted by Gasteiger charge is 2.22. The standard InChI is InChI=1S/C18H14FN3O5S/c1-10(16-20-21-17(27-16)11-3-6-13(19)7-4-11)26-18(23)12-5-8-15(28-2)14(9-12)22(24)25/h3-10H,1-2H3/t10-/m1/s1. The zero-order valence-corrected chi connectivity index (χ0v) is 15.6. The molecule has 3 rings (SSSR count). The molecule has 0 aliphatic heterocycles. The molecule has 0 saturated carbocycles. The number of carbonyl (C=O) groups excluding carboxylic acids is 1. The van der Waals surface area contributed by atoms with Gasteiger partial charge in [0.25, 0.3) is 11.6 Å². The van der Waals surface area contributed by atoms with Crippen LogP contribution < -0.4 is 0 Å². The van der Waals surface area contributed by atoms with Crippen molar-refractivity contribution in [2.45, 2.75) is 17.9 Å². The van der Waals surface area contributed by atoms with Crippen LogP contribution in [0.5, 0.6) is 0 Å². The van der Waals surface area contributed by atoms with Gasteiger partial charge in [0.1, 0.15) is 5.82 Å². The van der Waals surface area contributed by atoms with Crippen LogP contribution in [-0.4, -0.2) is 27.3 Å². The highest BCUT2D eigenvalue weighted by molar-refractivity contribution is 7.98. The molecule has 0 saturated heterocycles. The van der Waals surface area contributed by atoms with E-state index in [4.69, 9.17) is 9.15 Å². The third-order valence-corrected chi connectivity index (χ3v) is 4.56. The molecule has 0 N–H and O–H groups in total. The molecule has 0 aliphatic rings. The number of nitrogens with zero attached hydrogens (tertiary/aromatic N) is 3. The minimum Gasteiger partial charge on any atom is -0.449 e. The van der Waals surface area contributed by atoms with Gasteiger partial charge in [0.2, 0.25) is 5.89 Å². The summed E-state index contributed by atoms with van der Waals surface area (Å²) in [4.78, 5) is 23.4. The largest absolute Gasteiger partial charge is 0.449 e. The maximum atomic E-state index is 13.0. The van der Waals surface area contributed by atoms with Crippen molar-refractivity contribution in [2.75, 3.05) is 6.26 Å². The van der Waals surface area contributed by atoms with Crippen LogP contribution in [-0.2, 0) is 4.74 Å². The van der Waals surface area contributed by atoms with Gasteiger partial charge in [-0.15, -0.1) is 22.0 Å². The molecule has 0 bridgehead atoms. The molecule has 1 aromatic heterocycles. The zero-order valence-electron chi connectivity index (χ0n) is 14.8. The Morgan fingerprint density at radius 2 is 1.96 bits per heavy atom. The Balaban J connectivity index is 1.75. The van der Waals surface area contributed by atoms with E-state index in [9.17, 15) is 19.3 Å². The fraction of sp³-hybridized carbons (Fsp3) is 0.167. The molecule has 0 unspecified atom stereocenters. The second kappa shape index (κ2) is 8.17. The summed E-state index contributed by atoms with van der Waals surface area (Å²) in [5.41, 5.74) is 0.377. The third-order valence-electron chi connectivity index (χ3n) is 3.77. The number of aromatic nitrogens is 2. The monoisotopic (exact) mass is 403 g/mol. The van der Waals surface area contributed by atoms with Crippen molar-refractivity contribution in [2.24, 2.45) is 0 Å². The van der Waals surface area contributed by atoms with Crippen molar-refractivity contribution in [3.63, 3.8) is 0 Å². The van der Waals surface area contributed by atoms with Crippen LogP contribution in [0.15, 0.2) is 51.8 Å². The van der Waals surface area contributed by atoms with Crippen molar-refractivity contribution in [1.82, 2.24) is 10.2 Å². The maximum Gasteiger partial charge on any atom is 0.339 e. The fourth-order valence-corrected chi connectivity index (χ4v) is 2.89. The SMILES string of the molecule is CSc1ccc(C(=O)O[C@H](C)c2nnc(-c3ccc(F)cc3)o2)cc1[N+](=O)[O-]. The lowest BCUT2D eigenvalue weighted by atomic mass is 10.2. The van der Waals surface area contributed by atoms with E-state index in [1.807, 2.05) is 0 Å². The number of hydrogen-bond donors (Lipinski definition) is 0. The lowest BCUT2D eigenvalue weighted by Crippen LogP contribution is -2.10. The quantitative estimate of drug-likeness (QED) is 0.257. The first-order valence-electron chi connectivity index (χ1n) is 8.01. The molecule has 3 aromatic rings. The number of hydrogen-bond acceptors (Lipinski definition) is 8. The second-order valence-corrected chi connectivity index (χ2v) is 6.49. The minimum absolute atomic E-state index is 0.0367. The Kier molecular flexibility index (Phi) is 5.69. The maximum absolute atomic E-state index is 13.0. The van der Waals surface area contributed by atoms with Crippen LogP contribution in [0.3, 0.4) is 0 Å². The molecule has 10 heteroatoms. The predicted octanol–water partition coefficient (Wildman–Crippen LogP) is 4.42. The van der Waals surface area contributed by atoms with Gasteiger partial charge in [-0.1, -0.05) is 0 Å². The first-order valence-corrected chi connectivity index (χ1v) is 9.24. The van der Waals surface area contributed by atoms with Gasteiger partial charge in [0.15, 0.2) is 6.10 Å².